The number of rotatable bonds is 3. The Labute approximate surface area is 118 Å². The maximum absolute atomic E-state index is 5.87. The molecule has 0 amide bonds. The summed E-state index contributed by atoms with van der Waals surface area (Å²) in [5.74, 6) is 2.21. The van der Waals surface area contributed by atoms with E-state index in [0.29, 0.717) is 11.5 Å². The second-order valence-electron chi connectivity index (χ2n) is 6.35. The molecule has 0 radical (unpaired) electrons. The van der Waals surface area contributed by atoms with Crippen molar-refractivity contribution in [1.29, 1.82) is 0 Å². The fraction of sp³-hybridized carbons (Fsp3) is 0.500. The van der Waals surface area contributed by atoms with Crippen LogP contribution in [0.2, 0.25) is 0 Å². The van der Waals surface area contributed by atoms with Crippen molar-refractivity contribution in [3.63, 3.8) is 0 Å². The van der Waals surface area contributed by atoms with Gasteiger partial charge in [0.2, 0.25) is 0 Å². The van der Waals surface area contributed by atoms with Crippen LogP contribution in [0.5, 0.6) is 0 Å². The zero-order chi connectivity index (χ0) is 13.5. The van der Waals surface area contributed by atoms with E-state index in [1.54, 1.807) is 11.3 Å². The zero-order valence-corrected chi connectivity index (χ0v) is 12.6. The van der Waals surface area contributed by atoms with Crippen LogP contribution >= 0.6 is 11.3 Å². The average molecular weight is 275 g/mol. The maximum atomic E-state index is 5.87. The summed E-state index contributed by atoms with van der Waals surface area (Å²) < 4.78 is 5.87. The van der Waals surface area contributed by atoms with Crippen LogP contribution in [-0.2, 0) is 13.0 Å². The first-order chi connectivity index (χ1) is 9.03. The van der Waals surface area contributed by atoms with Gasteiger partial charge < -0.3 is 9.73 Å². The van der Waals surface area contributed by atoms with Gasteiger partial charge in [0.15, 0.2) is 0 Å². The SMILES string of the molecule is Cc1cc2c(o1)CC(C)(C)CC2NCc1ccsc1. The molecule has 0 fully saturated rings. The van der Waals surface area contributed by atoms with Gasteiger partial charge in [-0.1, -0.05) is 13.8 Å². The van der Waals surface area contributed by atoms with E-state index in [1.807, 2.05) is 6.92 Å². The largest absolute Gasteiger partial charge is 0.466 e. The minimum atomic E-state index is 0.309. The lowest BCUT2D eigenvalue weighted by atomic mass is 9.74. The molecular weight excluding hydrogens is 254 g/mol. The van der Waals surface area contributed by atoms with Crippen molar-refractivity contribution in [2.45, 2.75) is 46.2 Å². The molecule has 0 saturated heterocycles. The van der Waals surface area contributed by atoms with Crippen LogP contribution in [-0.4, -0.2) is 0 Å². The van der Waals surface area contributed by atoms with Crippen molar-refractivity contribution < 1.29 is 4.42 Å². The summed E-state index contributed by atoms with van der Waals surface area (Å²) >= 11 is 1.76. The van der Waals surface area contributed by atoms with Crippen molar-refractivity contribution >= 4 is 11.3 Å². The molecule has 0 bridgehead atoms. The molecule has 1 atom stereocenters. The Morgan fingerprint density at radius 3 is 3.05 bits per heavy atom. The van der Waals surface area contributed by atoms with Crippen LogP contribution in [0.15, 0.2) is 27.3 Å². The highest BCUT2D eigenvalue weighted by Crippen LogP contribution is 2.42. The number of nitrogens with one attached hydrogen (secondary N) is 1. The summed E-state index contributed by atoms with van der Waals surface area (Å²) in [6, 6.07) is 4.80. The summed E-state index contributed by atoms with van der Waals surface area (Å²) in [6.45, 7) is 7.63. The van der Waals surface area contributed by atoms with Gasteiger partial charge in [-0.3, -0.25) is 0 Å². The van der Waals surface area contributed by atoms with Crippen LogP contribution < -0.4 is 5.32 Å². The van der Waals surface area contributed by atoms with Crippen LogP contribution in [0.25, 0.3) is 0 Å². The van der Waals surface area contributed by atoms with Gasteiger partial charge >= 0.3 is 0 Å². The topological polar surface area (TPSA) is 25.2 Å². The monoisotopic (exact) mass is 275 g/mol. The molecule has 3 rings (SSSR count). The molecular formula is C16H21NOS. The lowest BCUT2D eigenvalue weighted by Gasteiger charge is -2.34. The molecule has 1 aliphatic rings. The van der Waals surface area contributed by atoms with E-state index in [-0.39, 0.29) is 0 Å². The van der Waals surface area contributed by atoms with Crippen LogP contribution in [0, 0.1) is 12.3 Å². The third-order valence-electron chi connectivity index (χ3n) is 3.87. The standard InChI is InChI=1S/C16H21NOS/c1-11-6-13-14(17-9-12-4-5-19-10-12)7-16(2,3)8-15(13)18-11/h4-6,10,14,17H,7-9H2,1-3H3. The normalized spacial score (nSPS) is 21.3. The van der Waals surface area contributed by atoms with Gasteiger partial charge in [0.05, 0.1) is 0 Å². The molecule has 1 unspecified atom stereocenters. The second kappa shape index (κ2) is 4.80. The van der Waals surface area contributed by atoms with Crippen molar-refractivity contribution in [1.82, 2.24) is 5.32 Å². The lowest BCUT2D eigenvalue weighted by molar-refractivity contribution is 0.233. The fourth-order valence-corrected chi connectivity index (χ4v) is 3.67. The molecule has 0 spiro atoms. The van der Waals surface area contributed by atoms with E-state index in [0.717, 1.165) is 18.7 Å². The van der Waals surface area contributed by atoms with Gasteiger partial charge in [-0.15, -0.1) is 0 Å². The van der Waals surface area contributed by atoms with E-state index < -0.39 is 0 Å². The lowest BCUT2D eigenvalue weighted by Crippen LogP contribution is -2.32. The highest BCUT2D eigenvalue weighted by atomic mass is 32.1. The molecule has 0 aromatic carbocycles. The van der Waals surface area contributed by atoms with E-state index in [9.17, 15) is 0 Å². The Hall–Kier alpha value is -1.06. The average Bonchev–Trinajstić information content (AvgIpc) is 2.93. The van der Waals surface area contributed by atoms with Crippen molar-refractivity contribution in [3.05, 3.63) is 45.5 Å². The Morgan fingerprint density at radius 2 is 2.32 bits per heavy atom. The van der Waals surface area contributed by atoms with Gasteiger partial charge in [0.25, 0.3) is 0 Å². The van der Waals surface area contributed by atoms with Gasteiger partial charge in [0, 0.05) is 24.6 Å². The first-order valence-corrected chi connectivity index (χ1v) is 7.81. The number of aryl methyl sites for hydroxylation is 1. The van der Waals surface area contributed by atoms with Crippen LogP contribution in [0.4, 0.5) is 0 Å². The summed E-state index contributed by atoms with van der Waals surface area (Å²) in [7, 11) is 0. The molecule has 2 heterocycles. The Kier molecular flexibility index (Phi) is 3.27. The summed E-state index contributed by atoms with van der Waals surface area (Å²) in [4.78, 5) is 0. The van der Waals surface area contributed by atoms with Gasteiger partial charge in [-0.2, -0.15) is 11.3 Å². The highest BCUT2D eigenvalue weighted by Gasteiger charge is 2.34. The Bertz CT molecular complexity index is 553. The van der Waals surface area contributed by atoms with E-state index >= 15 is 0 Å². The Morgan fingerprint density at radius 1 is 1.47 bits per heavy atom. The van der Waals surface area contributed by atoms with E-state index in [1.165, 1.54) is 23.3 Å². The predicted molar refractivity (Wildman–Crippen MR) is 79.4 cm³/mol. The van der Waals surface area contributed by atoms with E-state index in [4.69, 9.17) is 4.42 Å². The van der Waals surface area contributed by atoms with Crippen molar-refractivity contribution in [2.24, 2.45) is 5.41 Å². The van der Waals surface area contributed by atoms with Gasteiger partial charge in [-0.05, 0) is 47.2 Å². The van der Waals surface area contributed by atoms with Crippen LogP contribution in [0.1, 0.15) is 49.0 Å². The molecule has 0 saturated carbocycles. The number of furan rings is 1. The second-order valence-corrected chi connectivity index (χ2v) is 7.13. The van der Waals surface area contributed by atoms with Crippen LogP contribution in [0.3, 0.4) is 0 Å². The summed E-state index contributed by atoms with van der Waals surface area (Å²) in [5, 5.41) is 8.04. The summed E-state index contributed by atoms with van der Waals surface area (Å²) in [5.41, 5.74) is 3.05. The number of hydrogen-bond donors (Lipinski definition) is 1. The smallest absolute Gasteiger partial charge is 0.109 e. The fourth-order valence-electron chi connectivity index (χ4n) is 3.00. The number of thiophene rings is 1. The predicted octanol–water partition coefficient (Wildman–Crippen LogP) is 4.45. The molecule has 1 N–H and O–H groups in total. The first kappa shape index (κ1) is 12.9. The molecule has 19 heavy (non-hydrogen) atoms. The third kappa shape index (κ3) is 2.77. The quantitative estimate of drug-likeness (QED) is 0.895. The third-order valence-corrected chi connectivity index (χ3v) is 4.60. The molecule has 2 aromatic heterocycles. The minimum absolute atomic E-state index is 0.309. The Balaban J connectivity index is 1.80. The van der Waals surface area contributed by atoms with Crippen molar-refractivity contribution in [3.8, 4) is 0 Å². The molecule has 3 heteroatoms. The molecule has 1 aliphatic carbocycles. The molecule has 102 valence electrons. The van der Waals surface area contributed by atoms with Gasteiger partial charge in [0.1, 0.15) is 11.5 Å². The molecule has 2 nitrogen and oxygen atoms in total. The minimum Gasteiger partial charge on any atom is -0.466 e. The zero-order valence-electron chi connectivity index (χ0n) is 11.8. The molecule has 2 aromatic rings. The number of fused-ring (bicyclic) bond motifs is 1. The van der Waals surface area contributed by atoms with Gasteiger partial charge in [-0.25, -0.2) is 0 Å². The highest BCUT2D eigenvalue weighted by molar-refractivity contribution is 7.07. The maximum Gasteiger partial charge on any atom is 0.109 e. The number of hydrogen-bond acceptors (Lipinski definition) is 3. The van der Waals surface area contributed by atoms with Crippen molar-refractivity contribution in [2.75, 3.05) is 0 Å². The first-order valence-electron chi connectivity index (χ1n) is 6.87. The van der Waals surface area contributed by atoms with E-state index in [2.05, 4.69) is 42.1 Å². The molecule has 0 aliphatic heterocycles. The summed E-state index contributed by atoms with van der Waals surface area (Å²) in [6.07, 6.45) is 2.22.